The van der Waals surface area contributed by atoms with Gasteiger partial charge in [-0.15, -0.1) is 5.10 Å². The minimum atomic E-state index is -0.996. The number of carbonyl (C=O) groups excluding carboxylic acids is 2. The van der Waals surface area contributed by atoms with Crippen molar-refractivity contribution in [3.05, 3.63) is 40.7 Å². The van der Waals surface area contributed by atoms with Crippen LogP contribution in [0.4, 0.5) is 10.1 Å². The number of esters is 1. The number of nitrogens with zero attached hydrogens (tertiary/aromatic N) is 2. The molecule has 1 amide bonds. The molecule has 0 spiro atoms. The van der Waals surface area contributed by atoms with Crippen molar-refractivity contribution < 1.29 is 18.7 Å². The first kappa shape index (κ1) is 16.0. The first-order valence-corrected chi connectivity index (χ1v) is 7.37. The minimum Gasteiger partial charge on any atom is -0.448 e. The highest BCUT2D eigenvalue weighted by molar-refractivity contribution is 7.07. The van der Waals surface area contributed by atoms with Gasteiger partial charge < -0.3 is 10.1 Å². The Bertz CT molecular complexity index is 672. The van der Waals surface area contributed by atoms with E-state index in [2.05, 4.69) is 14.9 Å². The fourth-order valence-electron chi connectivity index (χ4n) is 1.64. The summed E-state index contributed by atoms with van der Waals surface area (Å²) in [7, 11) is 0. The SMILES string of the molecule is CCc1nnsc1C(=O)O[C@H](C)C(=O)Nc1ccc(F)cc1. The normalized spacial score (nSPS) is 11.8. The zero-order chi connectivity index (χ0) is 16.1. The van der Waals surface area contributed by atoms with Crippen LogP contribution in [0.5, 0.6) is 0 Å². The Kier molecular flexibility index (Phi) is 5.16. The van der Waals surface area contributed by atoms with E-state index in [0.29, 0.717) is 22.7 Å². The molecule has 1 atom stereocenters. The van der Waals surface area contributed by atoms with E-state index in [4.69, 9.17) is 4.74 Å². The molecule has 1 N–H and O–H groups in total. The van der Waals surface area contributed by atoms with Crippen LogP contribution in [0.3, 0.4) is 0 Å². The second-order valence-corrected chi connectivity index (χ2v) is 5.20. The molecule has 22 heavy (non-hydrogen) atoms. The zero-order valence-corrected chi connectivity index (χ0v) is 12.8. The van der Waals surface area contributed by atoms with Gasteiger partial charge in [-0.2, -0.15) is 0 Å². The molecule has 2 rings (SSSR count). The molecule has 6 nitrogen and oxygen atoms in total. The lowest BCUT2D eigenvalue weighted by atomic mass is 10.3. The number of aryl methyl sites for hydroxylation is 1. The zero-order valence-electron chi connectivity index (χ0n) is 12.0. The fourth-order valence-corrected chi connectivity index (χ4v) is 2.27. The number of ether oxygens (including phenoxy) is 1. The molecule has 0 fully saturated rings. The molecule has 116 valence electrons. The third-order valence-corrected chi connectivity index (χ3v) is 3.59. The largest absolute Gasteiger partial charge is 0.448 e. The van der Waals surface area contributed by atoms with Crippen LogP contribution in [0.1, 0.15) is 29.2 Å². The number of hydrogen-bond donors (Lipinski definition) is 1. The van der Waals surface area contributed by atoms with E-state index in [0.717, 1.165) is 11.5 Å². The van der Waals surface area contributed by atoms with Gasteiger partial charge in [0.05, 0.1) is 5.69 Å². The van der Waals surface area contributed by atoms with Gasteiger partial charge in [-0.1, -0.05) is 11.4 Å². The summed E-state index contributed by atoms with van der Waals surface area (Å²) in [6.07, 6.45) is -0.443. The average molecular weight is 323 g/mol. The highest BCUT2D eigenvalue weighted by Gasteiger charge is 2.22. The van der Waals surface area contributed by atoms with Gasteiger partial charge in [-0.3, -0.25) is 4.79 Å². The predicted molar refractivity (Wildman–Crippen MR) is 79.2 cm³/mol. The van der Waals surface area contributed by atoms with Gasteiger partial charge in [0.1, 0.15) is 5.82 Å². The third-order valence-electron chi connectivity index (χ3n) is 2.84. The maximum Gasteiger partial charge on any atom is 0.352 e. The molecule has 2 aromatic rings. The van der Waals surface area contributed by atoms with Crippen LogP contribution < -0.4 is 5.32 Å². The second kappa shape index (κ2) is 7.08. The number of nitrogens with one attached hydrogen (secondary N) is 1. The summed E-state index contributed by atoms with van der Waals surface area (Å²) in [5.41, 5.74) is 0.962. The molecule has 0 aliphatic carbocycles. The van der Waals surface area contributed by atoms with Crippen LogP contribution in [0.15, 0.2) is 24.3 Å². The molecule has 0 bridgehead atoms. The maximum absolute atomic E-state index is 12.8. The minimum absolute atomic E-state index is 0.295. The molecule has 0 aliphatic heterocycles. The third kappa shape index (κ3) is 3.85. The van der Waals surface area contributed by atoms with Crippen molar-refractivity contribution in [2.45, 2.75) is 26.4 Å². The van der Waals surface area contributed by atoms with E-state index < -0.39 is 23.8 Å². The van der Waals surface area contributed by atoms with Gasteiger partial charge in [0.15, 0.2) is 11.0 Å². The van der Waals surface area contributed by atoms with E-state index in [1.54, 1.807) is 0 Å². The van der Waals surface area contributed by atoms with Crippen molar-refractivity contribution in [1.29, 1.82) is 0 Å². The summed E-state index contributed by atoms with van der Waals surface area (Å²) in [6, 6.07) is 5.29. The molecule has 8 heteroatoms. The number of benzene rings is 1. The van der Waals surface area contributed by atoms with Gasteiger partial charge in [0.25, 0.3) is 5.91 Å². The molecular weight excluding hydrogens is 309 g/mol. The van der Waals surface area contributed by atoms with Crippen molar-refractivity contribution in [2.24, 2.45) is 0 Å². The van der Waals surface area contributed by atoms with Crippen LogP contribution in [-0.4, -0.2) is 27.6 Å². The predicted octanol–water partition coefficient (Wildman–Crippen LogP) is 2.42. The topological polar surface area (TPSA) is 81.2 Å². The molecular formula is C14H14FN3O3S. The van der Waals surface area contributed by atoms with Crippen LogP contribution in [0.25, 0.3) is 0 Å². The molecule has 1 heterocycles. The second-order valence-electron chi connectivity index (χ2n) is 4.45. The molecule has 1 aromatic heterocycles. The highest BCUT2D eigenvalue weighted by atomic mass is 32.1. The summed E-state index contributed by atoms with van der Waals surface area (Å²) in [6.45, 7) is 3.30. The maximum atomic E-state index is 12.8. The molecule has 0 saturated carbocycles. The highest BCUT2D eigenvalue weighted by Crippen LogP contribution is 2.15. The molecule has 0 unspecified atom stereocenters. The number of amides is 1. The summed E-state index contributed by atoms with van der Waals surface area (Å²) in [4.78, 5) is 24.2. The van der Waals surface area contributed by atoms with E-state index in [1.807, 2.05) is 6.92 Å². The number of hydrogen-bond acceptors (Lipinski definition) is 6. The number of carbonyl (C=O) groups is 2. The Morgan fingerprint density at radius 2 is 2.05 bits per heavy atom. The van der Waals surface area contributed by atoms with Crippen LogP contribution in [-0.2, 0) is 16.0 Å². The standard InChI is InChI=1S/C14H14FN3O3S/c1-3-11-12(22-18-17-11)14(20)21-8(2)13(19)16-10-6-4-9(15)5-7-10/h4-8H,3H2,1-2H3,(H,16,19)/t8-/m1/s1. The van der Waals surface area contributed by atoms with E-state index >= 15 is 0 Å². The summed E-state index contributed by atoms with van der Waals surface area (Å²) in [5, 5.41) is 6.35. The van der Waals surface area contributed by atoms with E-state index in [-0.39, 0.29) is 0 Å². The smallest absolute Gasteiger partial charge is 0.352 e. The first-order valence-electron chi connectivity index (χ1n) is 6.60. The van der Waals surface area contributed by atoms with E-state index in [9.17, 15) is 14.0 Å². The molecule has 0 aliphatic rings. The van der Waals surface area contributed by atoms with Crippen molar-refractivity contribution >= 4 is 29.1 Å². The van der Waals surface area contributed by atoms with Crippen molar-refractivity contribution in [1.82, 2.24) is 9.59 Å². The lowest BCUT2D eigenvalue weighted by molar-refractivity contribution is -0.123. The number of rotatable bonds is 5. The average Bonchev–Trinajstić information content (AvgIpc) is 2.98. The van der Waals surface area contributed by atoms with Crippen molar-refractivity contribution in [3.63, 3.8) is 0 Å². The Morgan fingerprint density at radius 1 is 1.36 bits per heavy atom. The Balaban J connectivity index is 1.96. The van der Waals surface area contributed by atoms with Crippen molar-refractivity contribution in [2.75, 3.05) is 5.32 Å². The van der Waals surface area contributed by atoms with Gasteiger partial charge in [-0.25, -0.2) is 9.18 Å². The lowest BCUT2D eigenvalue weighted by Gasteiger charge is -2.13. The molecule has 1 aromatic carbocycles. The number of halogens is 1. The monoisotopic (exact) mass is 323 g/mol. The summed E-state index contributed by atoms with van der Waals surface area (Å²) >= 11 is 0.932. The molecule has 0 radical (unpaired) electrons. The Hall–Kier alpha value is -2.35. The van der Waals surface area contributed by atoms with Crippen LogP contribution in [0, 0.1) is 5.82 Å². The lowest BCUT2D eigenvalue weighted by Crippen LogP contribution is -2.30. The molecule has 0 saturated heterocycles. The number of aromatic nitrogens is 2. The van der Waals surface area contributed by atoms with Crippen LogP contribution >= 0.6 is 11.5 Å². The van der Waals surface area contributed by atoms with Gasteiger partial charge in [0, 0.05) is 5.69 Å². The fraction of sp³-hybridized carbons (Fsp3) is 0.286. The van der Waals surface area contributed by atoms with Gasteiger partial charge in [-0.05, 0) is 49.1 Å². The quantitative estimate of drug-likeness (QED) is 0.855. The Morgan fingerprint density at radius 3 is 2.68 bits per heavy atom. The summed E-state index contributed by atoms with van der Waals surface area (Å²) in [5.74, 6) is -1.54. The number of anilines is 1. The van der Waals surface area contributed by atoms with E-state index in [1.165, 1.54) is 31.2 Å². The van der Waals surface area contributed by atoms with Gasteiger partial charge in [0.2, 0.25) is 0 Å². The van der Waals surface area contributed by atoms with Crippen LogP contribution in [0.2, 0.25) is 0 Å². The Labute approximate surface area is 130 Å². The summed E-state index contributed by atoms with van der Waals surface area (Å²) < 4.78 is 21.6. The first-order chi connectivity index (χ1) is 10.5. The van der Waals surface area contributed by atoms with Gasteiger partial charge >= 0.3 is 5.97 Å². The van der Waals surface area contributed by atoms with Crippen molar-refractivity contribution in [3.8, 4) is 0 Å².